The van der Waals surface area contributed by atoms with E-state index in [1.54, 1.807) is 27.7 Å². The van der Waals surface area contributed by atoms with Gasteiger partial charge in [0.2, 0.25) is 13.6 Å². The Morgan fingerprint density at radius 3 is 1.48 bits per heavy atom. The van der Waals surface area contributed by atoms with Crippen molar-refractivity contribution in [2.45, 2.75) is 60.7 Å². The second-order valence-electron chi connectivity index (χ2n) is 6.95. The zero-order valence-corrected chi connectivity index (χ0v) is 16.8. The van der Waals surface area contributed by atoms with E-state index in [-0.39, 0.29) is 18.4 Å². The first-order chi connectivity index (χ1) is 11.3. The van der Waals surface area contributed by atoms with Gasteiger partial charge in [0.05, 0.1) is 18.4 Å². The van der Waals surface area contributed by atoms with Gasteiger partial charge in [-0.2, -0.15) is 0 Å². The van der Waals surface area contributed by atoms with Gasteiger partial charge in [-0.1, -0.05) is 20.8 Å². The molecular formula is C15H29O9P. The fourth-order valence-electron chi connectivity index (χ4n) is 1.47. The van der Waals surface area contributed by atoms with Crippen molar-refractivity contribution in [1.29, 1.82) is 0 Å². The van der Waals surface area contributed by atoms with Gasteiger partial charge in [0.25, 0.3) is 0 Å². The van der Waals surface area contributed by atoms with Gasteiger partial charge in [-0.25, -0.2) is 9.59 Å². The Labute approximate surface area is 148 Å². The van der Waals surface area contributed by atoms with Crippen molar-refractivity contribution in [2.75, 3.05) is 19.7 Å². The molecule has 25 heavy (non-hydrogen) atoms. The number of ether oxygens (including phenoxy) is 4. The van der Waals surface area contributed by atoms with Crippen molar-refractivity contribution in [1.82, 2.24) is 0 Å². The summed E-state index contributed by atoms with van der Waals surface area (Å²) in [5.74, 6) is 0. The molecule has 0 bridgehead atoms. The van der Waals surface area contributed by atoms with E-state index < -0.39 is 38.9 Å². The van der Waals surface area contributed by atoms with Crippen LogP contribution in [0.5, 0.6) is 0 Å². The van der Waals surface area contributed by atoms with Gasteiger partial charge < -0.3 is 18.9 Å². The Balaban J connectivity index is 4.55. The number of rotatable bonds is 9. The van der Waals surface area contributed by atoms with Crippen LogP contribution in [0.4, 0.5) is 9.59 Å². The third-order valence-electron chi connectivity index (χ3n) is 2.18. The van der Waals surface area contributed by atoms with Crippen molar-refractivity contribution >= 4 is 19.9 Å². The van der Waals surface area contributed by atoms with Gasteiger partial charge in [0, 0.05) is 0 Å². The van der Waals surface area contributed by atoms with Crippen LogP contribution in [0, 0.1) is 5.41 Å². The molecule has 0 aromatic rings. The molecule has 0 N–H and O–H groups in total. The lowest BCUT2D eigenvalue weighted by Crippen LogP contribution is -2.20. The van der Waals surface area contributed by atoms with E-state index in [1.165, 1.54) is 0 Å². The Morgan fingerprint density at radius 2 is 1.20 bits per heavy atom. The molecule has 0 aliphatic heterocycles. The Bertz CT molecular complexity index is 436. The first-order valence-corrected chi connectivity index (χ1v) is 9.61. The fourth-order valence-corrected chi connectivity index (χ4v) is 3.32. The SMILES string of the molecule is CC(C)OC(=O)OCOP(=O)(CC(C)(C)C)OCOC(=O)OC(C)C. The third-order valence-corrected chi connectivity index (χ3v) is 4.52. The fraction of sp³-hybridized carbons (Fsp3) is 0.867. The summed E-state index contributed by atoms with van der Waals surface area (Å²) in [6.45, 7) is 10.9. The lowest BCUT2D eigenvalue weighted by atomic mass is 10.0. The summed E-state index contributed by atoms with van der Waals surface area (Å²) in [5, 5.41) is 0. The lowest BCUT2D eigenvalue weighted by Gasteiger charge is -2.25. The summed E-state index contributed by atoms with van der Waals surface area (Å²) in [6.07, 6.45) is -2.59. The summed E-state index contributed by atoms with van der Waals surface area (Å²) in [7, 11) is -3.69. The molecule has 0 unspecified atom stereocenters. The average molecular weight is 384 g/mol. The Hall–Kier alpha value is -1.31. The normalized spacial score (nSPS) is 12.2. The standard InChI is InChI=1S/C15H29O9P/c1-11(2)23-13(16)19-9-21-25(18,8-15(5,6)7)22-10-20-14(17)24-12(3)4/h11-12H,8-10H2,1-7H3. The first kappa shape index (κ1) is 23.7. The van der Waals surface area contributed by atoms with Crippen molar-refractivity contribution in [2.24, 2.45) is 5.41 Å². The van der Waals surface area contributed by atoms with Crippen LogP contribution in [-0.2, 0) is 32.6 Å². The summed E-state index contributed by atoms with van der Waals surface area (Å²) in [6, 6.07) is 0. The minimum absolute atomic E-state index is 0.0190. The maximum Gasteiger partial charge on any atom is 0.510 e. The highest BCUT2D eigenvalue weighted by Gasteiger charge is 2.32. The zero-order valence-electron chi connectivity index (χ0n) is 15.9. The Morgan fingerprint density at radius 1 is 0.840 bits per heavy atom. The van der Waals surface area contributed by atoms with Crippen molar-refractivity contribution in [3.8, 4) is 0 Å². The second-order valence-corrected chi connectivity index (χ2v) is 9.00. The first-order valence-electron chi connectivity index (χ1n) is 7.88. The molecule has 0 amide bonds. The zero-order chi connectivity index (χ0) is 19.7. The largest absolute Gasteiger partial charge is 0.510 e. The van der Waals surface area contributed by atoms with Gasteiger partial charge in [0.1, 0.15) is 0 Å². The van der Waals surface area contributed by atoms with Gasteiger partial charge >= 0.3 is 19.9 Å². The number of carbonyl (C=O) groups excluding carboxylic acids is 2. The van der Waals surface area contributed by atoms with Gasteiger partial charge in [-0.15, -0.1) is 0 Å². The van der Waals surface area contributed by atoms with Gasteiger partial charge in [0.15, 0.2) is 0 Å². The van der Waals surface area contributed by atoms with Crippen molar-refractivity contribution in [3.63, 3.8) is 0 Å². The van der Waals surface area contributed by atoms with Crippen LogP contribution < -0.4 is 0 Å². The highest BCUT2D eigenvalue weighted by molar-refractivity contribution is 7.53. The maximum absolute atomic E-state index is 12.7. The molecule has 0 radical (unpaired) electrons. The molecule has 10 heteroatoms. The summed E-state index contributed by atoms with van der Waals surface area (Å²) < 4.78 is 41.8. The molecule has 9 nitrogen and oxygen atoms in total. The van der Waals surface area contributed by atoms with Crippen molar-refractivity contribution in [3.05, 3.63) is 0 Å². The van der Waals surface area contributed by atoms with Gasteiger partial charge in [-0.05, 0) is 33.1 Å². The van der Waals surface area contributed by atoms with Crippen LogP contribution >= 0.6 is 7.60 Å². The molecule has 0 aromatic carbocycles. The van der Waals surface area contributed by atoms with E-state index in [9.17, 15) is 14.2 Å². The van der Waals surface area contributed by atoms with Crippen LogP contribution in [0.15, 0.2) is 0 Å². The van der Waals surface area contributed by atoms with Crippen LogP contribution in [-0.4, -0.2) is 44.3 Å². The average Bonchev–Trinajstić information content (AvgIpc) is 2.33. The second kappa shape index (κ2) is 10.6. The van der Waals surface area contributed by atoms with Crippen LogP contribution in [0.25, 0.3) is 0 Å². The maximum atomic E-state index is 12.7. The minimum atomic E-state index is -3.69. The van der Waals surface area contributed by atoms with Crippen LogP contribution in [0.3, 0.4) is 0 Å². The molecule has 0 rings (SSSR count). The summed E-state index contributed by atoms with van der Waals surface area (Å²) in [4.78, 5) is 22.6. The molecule has 0 aromatic heterocycles. The van der Waals surface area contributed by atoms with E-state index in [0.717, 1.165) is 0 Å². The highest BCUT2D eigenvalue weighted by atomic mass is 31.2. The molecule has 0 atom stereocenters. The molecule has 0 aliphatic rings. The van der Waals surface area contributed by atoms with Crippen molar-refractivity contribution < 1.29 is 42.1 Å². The monoisotopic (exact) mass is 384 g/mol. The summed E-state index contributed by atoms with van der Waals surface area (Å²) >= 11 is 0. The predicted molar refractivity (Wildman–Crippen MR) is 89.2 cm³/mol. The number of hydrogen-bond acceptors (Lipinski definition) is 9. The summed E-state index contributed by atoms with van der Waals surface area (Å²) in [5.41, 5.74) is -0.410. The minimum Gasteiger partial charge on any atom is -0.432 e. The predicted octanol–water partition coefficient (Wildman–Crippen LogP) is 4.30. The van der Waals surface area contributed by atoms with E-state index in [4.69, 9.17) is 18.5 Å². The molecular weight excluding hydrogens is 355 g/mol. The smallest absolute Gasteiger partial charge is 0.432 e. The topological polar surface area (TPSA) is 107 Å². The molecule has 0 fully saturated rings. The molecule has 148 valence electrons. The highest BCUT2D eigenvalue weighted by Crippen LogP contribution is 2.52. The molecule has 0 saturated heterocycles. The van der Waals surface area contributed by atoms with Crippen LogP contribution in [0.2, 0.25) is 0 Å². The molecule has 0 aliphatic carbocycles. The molecule has 0 saturated carbocycles. The molecule has 0 spiro atoms. The Kier molecular flexibility index (Phi) is 10.1. The van der Waals surface area contributed by atoms with Gasteiger partial charge in [-0.3, -0.25) is 13.6 Å². The van der Waals surface area contributed by atoms with E-state index in [0.29, 0.717) is 0 Å². The quantitative estimate of drug-likeness (QED) is 0.327. The molecule has 0 heterocycles. The van der Waals surface area contributed by atoms with E-state index in [2.05, 4.69) is 9.47 Å². The number of carbonyl (C=O) groups is 2. The van der Waals surface area contributed by atoms with E-state index in [1.807, 2.05) is 20.8 Å². The van der Waals surface area contributed by atoms with E-state index >= 15 is 0 Å². The number of hydrogen-bond donors (Lipinski definition) is 0. The third kappa shape index (κ3) is 13.6. The van der Waals surface area contributed by atoms with Crippen LogP contribution in [0.1, 0.15) is 48.5 Å². The lowest BCUT2D eigenvalue weighted by molar-refractivity contribution is -0.0308.